The zero-order chi connectivity index (χ0) is 50.2. The van der Waals surface area contributed by atoms with Crippen LogP contribution in [0.3, 0.4) is 0 Å². The van der Waals surface area contributed by atoms with Gasteiger partial charge in [-0.3, -0.25) is 0 Å². The fourth-order valence-electron chi connectivity index (χ4n) is 13.0. The molecule has 3 aliphatic carbocycles. The van der Waals surface area contributed by atoms with Crippen molar-refractivity contribution in [3.8, 4) is 39.1 Å². The van der Waals surface area contributed by atoms with Crippen molar-refractivity contribution in [1.82, 2.24) is 4.57 Å². The van der Waals surface area contributed by atoms with Crippen molar-refractivity contribution in [3.05, 3.63) is 274 Å². The molecule has 0 bridgehead atoms. The Morgan fingerprint density at radius 2 is 0.947 bits per heavy atom. The van der Waals surface area contributed by atoms with Crippen LogP contribution < -0.4 is 4.90 Å². The van der Waals surface area contributed by atoms with Crippen LogP contribution in [0.5, 0.6) is 0 Å². The Hall–Kier alpha value is -8.20. The summed E-state index contributed by atoms with van der Waals surface area (Å²) in [5, 5.41) is 2.55. The van der Waals surface area contributed by atoms with Crippen LogP contribution >= 0.6 is 0 Å². The summed E-state index contributed by atoms with van der Waals surface area (Å²) in [6.07, 6.45) is 10.9. The summed E-state index contributed by atoms with van der Waals surface area (Å²) in [5.74, 6) is 0. The monoisotopic (exact) mass is 966 g/mol. The predicted molar refractivity (Wildman–Crippen MR) is 316 cm³/mol. The summed E-state index contributed by atoms with van der Waals surface area (Å²) < 4.78 is 2.45. The van der Waals surface area contributed by atoms with Crippen molar-refractivity contribution >= 4 is 38.9 Å². The molecule has 1 heterocycles. The van der Waals surface area contributed by atoms with Gasteiger partial charge in [0.2, 0.25) is 0 Å². The van der Waals surface area contributed by atoms with E-state index in [0.29, 0.717) is 0 Å². The van der Waals surface area contributed by atoms with Crippen LogP contribution in [0.4, 0.5) is 17.1 Å². The van der Waals surface area contributed by atoms with Gasteiger partial charge in [-0.05, 0) is 203 Å². The van der Waals surface area contributed by atoms with Crippen LogP contribution in [0.25, 0.3) is 60.9 Å². The Bertz CT molecular complexity index is 3930. The lowest BCUT2D eigenvalue weighted by Crippen LogP contribution is -2.30. The minimum Gasteiger partial charge on any atom is -0.311 e. The second kappa shape index (κ2) is 18.3. The molecule has 2 nitrogen and oxygen atoms in total. The number of unbranched alkanes of at least 4 members (excludes halogenated alkanes) is 3. The number of para-hydroxylation sites is 1. The quantitative estimate of drug-likeness (QED) is 0.105. The molecule has 75 heavy (non-hydrogen) atoms. The molecule has 0 saturated heterocycles. The van der Waals surface area contributed by atoms with Crippen molar-refractivity contribution < 1.29 is 0 Å². The maximum Gasteiger partial charge on any atom is 0.0714 e. The van der Waals surface area contributed by atoms with Crippen molar-refractivity contribution in [2.45, 2.75) is 84.0 Å². The van der Waals surface area contributed by atoms with Gasteiger partial charge in [0.25, 0.3) is 0 Å². The highest BCUT2D eigenvalue weighted by Gasteiger charge is 2.47. The molecule has 364 valence electrons. The van der Waals surface area contributed by atoms with Crippen LogP contribution in [0.15, 0.2) is 212 Å². The SMILES string of the molecule is CCCCCCc1ccc(-n2c3ccccc3c3ccc(-c4ccc(N(c5ccc(C)cc5)c5ccc(-c6ccc7c(c6)C(c6ccc8c(c6)CC8)(c6ccc8c(c6)CC8)c6cc(C)ccc6-7)cc5)cc4)cc32)cc1. The van der Waals surface area contributed by atoms with E-state index in [-0.39, 0.29) is 0 Å². The molecule has 0 aliphatic heterocycles. The largest absolute Gasteiger partial charge is 0.311 e. The highest BCUT2D eigenvalue weighted by Crippen LogP contribution is 2.58. The lowest BCUT2D eigenvalue weighted by molar-refractivity contribution is 0.667. The van der Waals surface area contributed by atoms with Gasteiger partial charge in [-0.2, -0.15) is 0 Å². The number of aromatic nitrogens is 1. The summed E-state index contributed by atoms with van der Waals surface area (Å²) in [4.78, 5) is 2.39. The van der Waals surface area contributed by atoms with Gasteiger partial charge in [0, 0.05) is 33.5 Å². The first-order chi connectivity index (χ1) is 36.9. The standard InChI is InChI=1S/C73H62N2/c1-4-5-6-7-10-50-16-34-64(35-17-50)75-71-12-9-8-11-67(71)68-42-29-58(47-72(68)75)54-26-38-63(39-27-54)74(61-32-13-48(2)14-33-61)62-36-24-53(25-37-62)57-28-41-66-65-40-15-49(3)43-69(65)73(70(66)46-57,59-30-22-51-18-20-55(51)44-59)60-31-23-52-19-21-56(52)45-60/h8-9,11-17,22-47H,4-7,10,18-21H2,1-3H3. The molecule has 0 unspecified atom stereocenters. The molecule has 14 rings (SSSR count). The van der Waals surface area contributed by atoms with Crippen LogP contribution in [0.2, 0.25) is 0 Å². The normalized spacial score (nSPS) is 13.7. The Morgan fingerprint density at radius 1 is 0.413 bits per heavy atom. The van der Waals surface area contributed by atoms with Crippen molar-refractivity contribution in [2.24, 2.45) is 0 Å². The molecule has 3 aliphatic rings. The molecule has 2 heteroatoms. The van der Waals surface area contributed by atoms with Gasteiger partial charge in [-0.1, -0.05) is 183 Å². The summed E-state index contributed by atoms with van der Waals surface area (Å²) in [7, 11) is 0. The lowest BCUT2D eigenvalue weighted by atomic mass is 9.65. The molecule has 0 radical (unpaired) electrons. The summed E-state index contributed by atoms with van der Waals surface area (Å²) >= 11 is 0. The smallest absolute Gasteiger partial charge is 0.0714 e. The summed E-state index contributed by atoms with van der Waals surface area (Å²) in [5.41, 5.74) is 29.7. The Labute approximate surface area is 442 Å². The molecule has 0 saturated carbocycles. The summed E-state index contributed by atoms with van der Waals surface area (Å²) in [6.45, 7) is 6.69. The number of benzene rings is 10. The average molecular weight is 967 g/mol. The number of hydrogen-bond acceptors (Lipinski definition) is 1. The first kappa shape index (κ1) is 45.4. The fourth-order valence-corrected chi connectivity index (χ4v) is 13.0. The van der Waals surface area contributed by atoms with E-state index in [2.05, 4.69) is 243 Å². The second-order valence-electron chi connectivity index (χ2n) is 21.9. The van der Waals surface area contributed by atoms with E-state index in [1.54, 1.807) is 0 Å². The van der Waals surface area contributed by atoms with E-state index in [9.17, 15) is 0 Å². The molecule has 0 amide bonds. The second-order valence-corrected chi connectivity index (χ2v) is 21.9. The van der Waals surface area contributed by atoms with Gasteiger partial charge in [0.15, 0.2) is 0 Å². The molecule has 10 aromatic carbocycles. The minimum absolute atomic E-state index is 0.417. The number of aryl methyl sites for hydroxylation is 7. The Kier molecular flexibility index (Phi) is 11.1. The number of rotatable bonds is 13. The molecular weight excluding hydrogens is 905 g/mol. The van der Waals surface area contributed by atoms with E-state index < -0.39 is 5.41 Å². The highest BCUT2D eigenvalue weighted by atomic mass is 15.1. The van der Waals surface area contributed by atoms with E-state index in [1.807, 2.05) is 0 Å². The molecular formula is C73H62N2. The topological polar surface area (TPSA) is 8.17 Å². The fraction of sp³-hybridized carbons (Fsp3) is 0.178. The first-order valence-corrected chi connectivity index (χ1v) is 27.6. The first-order valence-electron chi connectivity index (χ1n) is 27.6. The van der Waals surface area contributed by atoms with Crippen LogP contribution in [-0.2, 0) is 37.5 Å². The zero-order valence-corrected chi connectivity index (χ0v) is 43.5. The van der Waals surface area contributed by atoms with E-state index >= 15 is 0 Å². The third-order valence-corrected chi connectivity index (χ3v) is 17.3. The summed E-state index contributed by atoms with van der Waals surface area (Å²) in [6, 6.07) is 81.7. The third kappa shape index (κ3) is 7.59. The third-order valence-electron chi connectivity index (χ3n) is 17.3. The van der Waals surface area contributed by atoms with Crippen molar-refractivity contribution in [2.75, 3.05) is 4.90 Å². The molecule has 0 fully saturated rings. The van der Waals surface area contributed by atoms with Crippen LogP contribution in [0, 0.1) is 13.8 Å². The molecule has 11 aromatic rings. The maximum atomic E-state index is 2.54. The maximum absolute atomic E-state index is 2.54. The van der Waals surface area contributed by atoms with Crippen LogP contribution in [0.1, 0.15) is 93.8 Å². The minimum atomic E-state index is -0.417. The van der Waals surface area contributed by atoms with Crippen LogP contribution in [-0.4, -0.2) is 4.57 Å². The Morgan fingerprint density at radius 3 is 1.56 bits per heavy atom. The van der Waals surface area contributed by atoms with Gasteiger partial charge < -0.3 is 9.47 Å². The number of nitrogens with zero attached hydrogens (tertiary/aromatic N) is 2. The number of fused-ring (bicyclic) bond motifs is 8. The zero-order valence-electron chi connectivity index (χ0n) is 43.5. The molecule has 0 spiro atoms. The van der Waals surface area contributed by atoms with Gasteiger partial charge in [-0.25, -0.2) is 0 Å². The highest BCUT2D eigenvalue weighted by molar-refractivity contribution is 6.10. The molecule has 0 N–H and O–H groups in total. The van der Waals surface area contributed by atoms with E-state index in [1.165, 1.54) is 161 Å². The number of anilines is 3. The Balaban J connectivity index is 0.819. The van der Waals surface area contributed by atoms with Crippen molar-refractivity contribution in [1.29, 1.82) is 0 Å². The predicted octanol–water partition coefficient (Wildman–Crippen LogP) is 18.9. The van der Waals surface area contributed by atoms with Gasteiger partial charge in [0.1, 0.15) is 0 Å². The van der Waals surface area contributed by atoms with Crippen molar-refractivity contribution in [3.63, 3.8) is 0 Å². The van der Waals surface area contributed by atoms with E-state index in [0.717, 1.165) is 36.3 Å². The molecule has 1 aromatic heterocycles. The average Bonchev–Trinajstić information content (AvgIpc) is 4.00. The van der Waals surface area contributed by atoms with Gasteiger partial charge >= 0.3 is 0 Å². The van der Waals surface area contributed by atoms with E-state index in [4.69, 9.17) is 0 Å². The van der Waals surface area contributed by atoms with Gasteiger partial charge in [0.05, 0.1) is 16.4 Å². The molecule has 0 atom stereocenters. The van der Waals surface area contributed by atoms with Gasteiger partial charge in [-0.15, -0.1) is 0 Å². The number of hydrogen-bond donors (Lipinski definition) is 0. The lowest BCUT2D eigenvalue weighted by Gasteiger charge is -2.37.